The Morgan fingerprint density at radius 1 is 1.03 bits per heavy atom. The van der Waals surface area contributed by atoms with Gasteiger partial charge in [0.05, 0.1) is 28.9 Å². The van der Waals surface area contributed by atoms with E-state index in [1.54, 1.807) is 12.3 Å². The minimum atomic E-state index is -0.451. The summed E-state index contributed by atoms with van der Waals surface area (Å²) in [5.41, 5.74) is 9.37. The molecule has 8 rings (SSSR count). The number of aliphatic hydroxyl groups is 1. The van der Waals surface area contributed by atoms with Crippen LogP contribution in [0.3, 0.4) is 0 Å². The third-order valence-corrected chi connectivity index (χ3v) is 13.8. The average molecular weight is 830 g/mol. The molecule has 60 heavy (non-hydrogen) atoms. The first-order valence-corrected chi connectivity index (χ1v) is 22.5. The molecule has 3 aliphatic carbocycles. The molecule has 2 heterocycles. The Morgan fingerprint density at radius 2 is 1.85 bits per heavy atom. The van der Waals surface area contributed by atoms with E-state index >= 15 is 0 Å². The molecule has 3 fully saturated rings. The van der Waals surface area contributed by atoms with Crippen molar-refractivity contribution in [2.24, 2.45) is 17.8 Å². The molecule has 0 spiro atoms. The van der Waals surface area contributed by atoms with Gasteiger partial charge in [-0.05, 0) is 174 Å². The lowest BCUT2D eigenvalue weighted by molar-refractivity contribution is 0.0486. The van der Waals surface area contributed by atoms with Crippen LogP contribution in [0.25, 0.3) is 11.1 Å². The van der Waals surface area contributed by atoms with E-state index in [4.69, 9.17) is 25.8 Å². The first-order valence-electron chi connectivity index (χ1n) is 22.2. The van der Waals surface area contributed by atoms with Crippen molar-refractivity contribution in [2.45, 2.75) is 116 Å². The molecule has 4 N–H and O–H groups in total. The van der Waals surface area contributed by atoms with E-state index in [0.29, 0.717) is 40.8 Å². The second-order valence-corrected chi connectivity index (χ2v) is 18.4. The molecule has 5 aliphatic rings. The highest BCUT2D eigenvalue weighted by atomic mass is 35.5. The second-order valence-electron chi connectivity index (χ2n) is 18.0. The van der Waals surface area contributed by atoms with Crippen molar-refractivity contribution in [2.75, 3.05) is 19.8 Å². The van der Waals surface area contributed by atoms with Crippen molar-refractivity contribution in [3.05, 3.63) is 123 Å². The molecule has 2 saturated carbocycles. The summed E-state index contributed by atoms with van der Waals surface area (Å²) in [7, 11) is 0. The molecule has 3 aromatic carbocycles. The highest BCUT2D eigenvalue weighted by Crippen LogP contribution is 2.62. The molecule has 0 radical (unpaired) electrons. The maximum atomic E-state index is 10.3. The number of fused-ring (bicyclic) bond motifs is 2. The summed E-state index contributed by atoms with van der Waals surface area (Å²) < 4.78 is 19.8. The van der Waals surface area contributed by atoms with Gasteiger partial charge in [0.2, 0.25) is 0 Å². The van der Waals surface area contributed by atoms with Crippen molar-refractivity contribution in [3.63, 3.8) is 0 Å². The Morgan fingerprint density at radius 3 is 2.65 bits per heavy atom. The van der Waals surface area contributed by atoms with Crippen molar-refractivity contribution in [1.82, 2.24) is 16.0 Å². The standard InChI is InChI=1S/C51H61ClN4O4/c1-5-37-14-15-38(56-37)19-21-55-32(2)23-36-25-46(52)50(26-49(36)59-31-35-24-34(29-53)18-20-54-30-35)60-48-17-16-42-40(10-6-11-43(42)48)39-9-7-13-47(33(39)3)58-22-8-12-41-44-27-51(4,57)28-45(41)44/h5-7,9-11,13,18,20,24-26,30,32,38,41,44-45,48,54-57H,8,12,14-17,19,21-23,27-28,31H2,1-4H3/b37-5+/t32?,38?,41?,44-,45?,48-,51?/m0/s1. The van der Waals surface area contributed by atoms with Crippen LogP contribution in [0, 0.1) is 36.0 Å². The largest absolute Gasteiger partial charge is 0.493 e. The van der Waals surface area contributed by atoms with Gasteiger partial charge in [-0.25, -0.2) is 0 Å². The van der Waals surface area contributed by atoms with Crippen LogP contribution in [-0.4, -0.2) is 42.5 Å². The molecule has 8 nitrogen and oxygen atoms in total. The molecule has 0 bridgehead atoms. The lowest BCUT2D eigenvalue weighted by Gasteiger charge is -2.22. The van der Waals surface area contributed by atoms with E-state index in [-0.39, 0.29) is 18.8 Å². The lowest BCUT2D eigenvalue weighted by Crippen LogP contribution is -2.33. The number of hydrogen-bond acceptors (Lipinski definition) is 8. The normalized spacial score (nSPS) is 26.2. The molecule has 1 saturated heterocycles. The second kappa shape index (κ2) is 18.5. The van der Waals surface area contributed by atoms with Crippen LogP contribution >= 0.6 is 11.6 Å². The zero-order chi connectivity index (χ0) is 41.8. The Labute approximate surface area is 361 Å². The van der Waals surface area contributed by atoms with Crippen molar-refractivity contribution < 1.29 is 19.3 Å². The van der Waals surface area contributed by atoms with E-state index < -0.39 is 5.60 Å². The molecule has 9 heteroatoms. The number of hydrogen-bond donors (Lipinski definition) is 4. The molecule has 316 valence electrons. The number of halogens is 1. The summed E-state index contributed by atoms with van der Waals surface area (Å²) in [6.07, 6.45) is 19.2. The number of nitrogens with zero attached hydrogens (tertiary/aromatic N) is 1. The van der Waals surface area contributed by atoms with Crippen LogP contribution in [0.2, 0.25) is 5.02 Å². The van der Waals surface area contributed by atoms with Crippen LogP contribution in [0.5, 0.6) is 17.2 Å². The van der Waals surface area contributed by atoms with Crippen LogP contribution in [-0.2, 0) is 12.8 Å². The molecule has 3 aromatic rings. The molecule has 5 unspecified atom stereocenters. The van der Waals surface area contributed by atoms with Gasteiger partial charge < -0.3 is 35.3 Å². The Balaban J connectivity index is 0.947. The van der Waals surface area contributed by atoms with Gasteiger partial charge >= 0.3 is 0 Å². The summed E-state index contributed by atoms with van der Waals surface area (Å²) in [4.78, 5) is 0. The van der Waals surface area contributed by atoms with Crippen LogP contribution in [0.4, 0.5) is 0 Å². The summed E-state index contributed by atoms with van der Waals surface area (Å²) in [5, 5.41) is 31.0. The van der Waals surface area contributed by atoms with Gasteiger partial charge in [-0.2, -0.15) is 5.26 Å². The van der Waals surface area contributed by atoms with Crippen LogP contribution in [0.1, 0.15) is 100 Å². The zero-order valence-corrected chi connectivity index (χ0v) is 36.4. The Bertz CT molecular complexity index is 2200. The number of rotatable bonds is 17. The van der Waals surface area contributed by atoms with Crippen LogP contribution < -0.4 is 30.2 Å². The van der Waals surface area contributed by atoms with Gasteiger partial charge in [0.15, 0.2) is 0 Å². The van der Waals surface area contributed by atoms with Crippen molar-refractivity contribution in [1.29, 1.82) is 5.26 Å². The molecular formula is C51H61ClN4O4. The number of nitriles is 1. The fraction of sp³-hybridized carbons (Fsp3) is 0.471. The Hall–Kier alpha value is -4.68. The predicted octanol–water partition coefficient (Wildman–Crippen LogP) is 10.3. The first-order chi connectivity index (χ1) is 29.1. The summed E-state index contributed by atoms with van der Waals surface area (Å²) in [6, 6.07) is 19.8. The van der Waals surface area contributed by atoms with Gasteiger partial charge in [0.1, 0.15) is 30.0 Å². The maximum absolute atomic E-state index is 10.3. The monoisotopic (exact) mass is 828 g/mol. The van der Waals surface area contributed by atoms with Gasteiger partial charge in [-0.3, -0.25) is 0 Å². The van der Waals surface area contributed by atoms with E-state index in [2.05, 4.69) is 85.3 Å². The number of benzene rings is 3. The molecule has 0 aromatic heterocycles. The lowest BCUT2D eigenvalue weighted by atomic mass is 9.93. The van der Waals surface area contributed by atoms with Crippen molar-refractivity contribution in [3.8, 4) is 34.4 Å². The Kier molecular flexibility index (Phi) is 13.0. The van der Waals surface area contributed by atoms with E-state index in [0.717, 1.165) is 92.0 Å². The fourth-order valence-corrected chi connectivity index (χ4v) is 10.5. The SMILES string of the molecule is C/C=C1\CCC(CCNC(C)Cc2cc(Cl)c(O[C@H]3CCc4c(-c5cccc(OCCCC6C7CC(C)(O)C[C@@H]67)c5C)cccc43)cc2OCC2=CNC=CC(C#N)=C2)N1. The maximum Gasteiger partial charge on any atom is 0.142 e. The minimum absolute atomic E-state index is 0.157. The summed E-state index contributed by atoms with van der Waals surface area (Å²) in [6.45, 7) is 10.4. The summed E-state index contributed by atoms with van der Waals surface area (Å²) in [5.74, 6) is 4.44. The molecule has 0 amide bonds. The first kappa shape index (κ1) is 42.0. The fourth-order valence-electron chi connectivity index (χ4n) is 10.3. The molecule has 2 aliphatic heterocycles. The molecule has 7 atom stereocenters. The van der Waals surface area contributed by atoms with Gasteiger partial charge in [0, 0.05) is 41.8 Å². The third-order valence-electron chi connectivity index (χ3n) is 13.5. The quantitative estimate of drug-likeness (QED) is 0.0997. The average Bonchev–Trinajstić information content (AvgIpc) is 3.51. The van der Waals surface area contributed by atoms with Gasteiger partial charge in [-0.1, -0.05) is 48.0 Å². The van der Waals surface area contributed by atoms with Gasteiger partial charge in [0.25, 0.3) is 0 Å². The minimum Gasteiger partial charge on any atom is -0.493 e. The van der Waals surface area contributed by atoms with E-state index in [1.165, 1.54) is 40.8 Å². The van der Waals surface area contributed by atoms with Crippen molar-refractivity contribution >= 4 is 11.6 Å². The smallest absolute Gasteiger partial charge is 0.142 e. The highest BCUT2D eigenvalue weighted by molar-refractivity contribution is 6.32. The molecular weight excluding hydrogens is 768 g/mol. The highest BCUT2D eigenvalue weighted by Gasteiger charge is 2.58. The predicted molar refractivity (Wildman–Crippen MR) is 240 cm³/mol. The summed E-state index contributed by atoms with van der Waals surface area (Å²) >= 11 is 7.08. The van der Waals surface area contributed by atoms with Crippen LogP contribution in [0.15, 0.2) is 96.0 Å². The topological polar surface area (TPSA) is 108 Å². The van der Waals surface area contributed by atoms with E-state index in [9.17, 15) is 10.4 Å². The zero-order valence-electron chi connectivity index (χ0n) is 35.7. The third kappa shape index (κ3) is 9.76. The number of nitrogens with one attached hydrogen (secondary N) is 3. The van der Waals surface area contributed by atoms with Gasteiger partial charge in [-0.15, -0.1) is 0 Å². The van der Waals surface area contributed by atoms with E-state index in [1.807, 2.05) is 31.3 Å². The number of ether oxygens (including phenoxy) is 3. The number of allylic oxidation sites excluding steroid dienone is 4.